The minimum Gasteiger partial charge on any atom is -0.497 e. The Morgan fingerprint density at radius 2 is 1.75 bits per heavy atom. The number of ether oxygens (including phenoxy) is 2. The number of aromatic nitrogens is 1. The Morgan fingerprint density at radius 1 is 1.00 bits per heavy atom. The van der Waals surface area contributed by atoms with Crippen molar-refractivity contribution in [3.63, 3.8) is 0 Å². The molecule has 2 atom stereocenters. The molecular formula is C24H30N2O2. The van der Waals surface area contributed by atoms with Crippen LogP contribution in [0.3, 0.4) is 0 Å². The molecule has 2 unspecified atom stereocenters. The first kappa shape index (κ1) is 20.1. The van der Waals surface area contributed by atoms with E-state index in [9.17, 15) is 0 Å². The quantitative estimate of drug-likeness (QED) is 0.339. The van der Waals surface area contributed by atoms with Gasteiger partial charge in [0, 0.05) is 18.0 Å². The Morgan fingerprint density at radius 3 is 2.50 bits per heavy atom. The first-order chi connectivity index (χ1) is 13.8. The van der Waals surface area contributed by atoms with Gasteiger partial charge in [-0.25, -0.2) is 0 Å². The summed E-state index contributed by atoms with van der Waals surface area (Å²) >= 11 is 0. The van der Waals surface area contributed by atoms with E-state index in [1.54, 1.807) is 0 Å². The highest BCUT2D eigenvalue weighted by Gasteiger charge is 2.33. The van der Waals surface area contributed by atoms with Crippen LogP contribution < -0.4 is 4.74 Å². The molecule has 0 radical (unpaired) electrons. The van der Waals surface area contributed by atoms with Gasteiger partial charge < -0.3 is 9.47 Å². The van der Waals surface area contributed by atoms with Crippen LogP contribution in [0.5, 0.6) is 5.75 Å². The molecule has 1 aromatic rings. The van der Waals surface area contributed by atoms with E-state index in [1.807, 2.05) is 36.7 Å². The fraction of sp³-hybridized carbons (Fsp3) is 0.417. The van der Waals surface area contributed by atoms with Crippen molar-refractivity contribution in [2.75, 3.05) is 13.2 Å². The highest BCUT2D eigenvalue weighted by atomic mass is 16.5. The zero-order valence-electron chi connectivity index (χ0n) is 16.6. The number of rotatable bonds is 12. The number of nitrogens with zero attached hydrogens (tertiary/aromatic N) is 2. The highest BCUT2D eigenvalue weighted by molar-refractivity contribution is 5.75. The van der Waals surface area contributed by atoms with Gasteiger partial charge in [0.25, 0.3) is 0 Å². The van der Waals surface area contributed by atoms with E-state index in [4.69, 9.17) is 9.47 Å². The Bertz CT molecular complexity index is 764. The third-order valence-electron chi connectivity index (χ3n) is 5.02. The molecule has 28 heavy (non-hydrogen) atoms. The molecule has 0 N–H and O–H groups in total. The second kappa shape index (κ2) is 10.6. The van der Waals surface area contributed by atoms with Crippen LogP contribution in [-0.4, -0.2) is 24.4 Å². The van der Waals surface area contributed by atoms with Crippen molar-refractivity contribution in [1.82, 2.24) is 4.98 Å². The van der Waals surface area contributed by atoms with E-state index in [0.717, 1.165) is 67.9 Å². The standard InChI is InChI=1S/C24H30N2O2/c1-3-5-7-9-17-27-21-13-15-25-23-19(21)11-12-20-22(14-16-26-24(20)23)28-18-10-8-6-4-2/h3-4,11-16,19,23H,1-2,5-10,17-18H2. The van der Waals surface area contributed by atoms with E-state index >= 15 is 0 Å². The number of hydrogen-bond acceptors (Lipinski definition) is 4. The minimum absolute atomic E-state index is 0.0440. The number of fused-ring (bicyclic) bond motifs is 3. The van der Waals surface area contributed by atoms with Crippen molar-refractivity contribution in [2.45, 2.75) is 44.6 Å². The number of aliphatic imine (C=N–C) groups is 1. The lowest BCUT2D eigenvalue weighted by atomic mass is 9.85. The van der Waals surface area contributed by atoms with Crippen LogP contribution in [0.4, 0.5) is 0 Å². The molecule has 0 fully saturated rings. The largest absolute Gasteiger partial charge is 0.497 e. The molecule has 0 spiro atoms. The highest BCUT2D eigenvalue weighted by Crippen LogP contribution is 2.42. The van der Waals surface area contributed by atoms with Gasteiger partial charge in [0.15, 0.2) is 0 Å². The molecule has 0 saturated heterocycles. The molecular weight excluding hydrogens is 348 g/mol. The third-order valence-corrected chi connectivity index (χ3v) is 5.02. The van der Waals surface area contributed by atoms with Gasteiger partial charge >= 0.3 is 0 Å². The van der Waals surface area contributed by atoms with Crippen LogP contribution in [-0.2, 0) is 4.74 Å². The first-order valence-electron chi connectivity index (χ1n) is 10.2. The van der Waals surface area contributed by atoms with Gasteiger partial charge in [0.1, 0.15) is 17.6 Å². The van der Waals surface area contributed by atoms with Gasteiger partial charge in [-0.3, -0.25) is 9.98 Å². The molecule has 0 aromatic carbocycles. The maximum atomic E-state index is 6.06. The van der Waals surface area contributed by atoms with Crippen LogP contribution in [0.1, 0.15) is 55.8 Å². The van der Waals surface area contributed by atoms with Gasteiger partial charge in [-0.1, -0.05) is 24.3 Å². The fourth-order valence-corrected chi connectivity index (χ4v) is 3.51. The molecule has 2 aliphatic rings. The third kappa shape index (κ3) is 5.00. The normalized spacial score (nSPS) is 19.4. The summed E-state index contributed by atoms with van der Waals surface area (Å²) in [5.74, 6) is 1.96. The van der Waals surface area contributed by atoms with Crippen molar-refractivity contribution in [2.24, 2.45) is 10.9 Å². The molecule has 148 valence electrons. The predicted octanol–water partition coefficient (Wildman–Crippen LogP) is 5.84. The zero-order chi connectivity index (χ0) is 19.6. The van der Waals surface area contributed by atoms with Crippen LogP contribution >= 0.6 is 0 Å². The molecule has 0 bridgehead atoms. The average molecular weight is 379 g/mol. The predicted molar refractivity (Wildman–Crippen MR) is 116 cm³/mol. The summed E-state index contributed by atoms with van der Waals surface area (Å²) in [6.07, 6.45) is 20.1. The van der Waals surface area contributed by atoms with E-state index in [1.165, 1.54) is 0 Å². The molecule has 0 amide bonds. The summed E-state index contributed by atoms with van der Waals surface area (Å²) in [5, 5.41) is 0. The SMILES string of the molecule is C=CCCCCOC1=CC=NC2c3nccc(OCCCCC=C)c3C=CC12. The maximum Gasteiger partial charge on any atom is 0.129 e. The molecule has 4 nitrogen and oxygen atoms in total. The first-order valence-corrected chi connectivity index (χ1v) is 10.2. The molecule has 4 heteroatoms. The Kier molecular flexibility index (Phi) is 7.65. The Hall–Kier alpha value is -2.62. The van der Waals surface area contributed by atoms with Crippen molar-refractivity contribution >= 4 is 12.3 Å². The average Bonchev–Trinajstić information content (AvgIpc) is 2.73. The summed E-state index contributed by atoms with van der Waals surface area (Å²) < 4.78 is 12.1. The van der Waals surface area contributed by atoms with Gasteiger partial charge in [0.05, 0.1) is 24.8 Å². The van der Waals surface area contributed by atoms with Crippen LogP contribution in [0.25, 0.3) is 6.08 Å². The molecule has 1 aliphatic carbocycles. The minimum atomic E-state index is -0.0440. The second-order valence-corrected chi connectivity index (χ2v) is 7.07. The Labute approximate surface area is 168 Å². The number of dihydropyridines is 1. The van der Waals surface area contributed by atoms with E-state index < -0.39 is 0 Å². The summed E-state index contributed by atoms with van der Waals surface area (Å²) in [6, 6.07) is 1.90. The monoisotopic (exact) mass is 378 g/mol. The smallest absolute Gasteiger partial charge is 0.129 e. The number of allylic oxidation sites excluding steroid dienone is 3. The summed E-state index contributed by atoms with van der Waals surface area (Å²) in [6.45, 7) is 8.95. The summed E-state index contributed by atoms with van der Waals surface area (Å²) in [7, 11) is 0. The van der Waals surface area contributed by atoms with E-state index in [0.29, 0.717) is 6.61 Å². The van der Waals surface area contributed by atoms with Crippen molar-refractivity contribution in [3.05, 3.63) is 66.7 Å². The number of hydrogen-bond donors (Lipinski definition) is 0. The molecule has 3 rings (SSSR count). The van der Waals surface area contributed by atoms with Crippen LogP contribution in [0, 0.1) is 5.92 Å². The van der Waals surface area contributed by atoms with Gasteiger partial charge in [-0.05, 0) is 50.7 Å². The number of unbranched alkanes of at least 4 members (excludes halogenated alkanes) is 4. The maximum absolute atomic E-state index is 6.06. The Balaban J connectivity index is 1.64. The fourth-order valence-electron chi connectivity index (χ4n) is 3.51. The summed E-state index contributed by atoms with van der Waals surface area (Å²) in [4.78, 5) is 9.31. The summed E-state index contributed by atoms with van der Waals surface area (Å²) in [5.41, 5.74) is 2.00. The topological polar surface area (TPSA) is 43.7 Å². The van der Waals surface area contributed by atoms with Crippen molar-refractivity contribution in [3.8, 4) is 5.75 Å². The molecule has 0 saturated carbocycles. The van der Waals surface area contributed by atoms with Crippen molar-refractivity contribution in [1.29, 1.82) is 0 Å². The zero-order valence-corrected chi connectivity index (χ0v) is 16.6. The van der Waals surface area contributed by atoms with E-state index in [2.05, 4.69) is 35.3 Å². The van der Waals surface area contributed by atoms with Crippen LogP contribution in [0.2, 0.25) is 0 Å². The lowest BCUT2D eigenvalue weighted by Crippen LogP contribution is -2.22. The van der Waals surface area contributed by atoms with Crippen LogP contribution in [0.15, 0.2) is 60.5 Å². The number of pyridine rings is 1. The molecule has 1 aliphatic heterocycles. The lowest BCUT2D eigenvalue weighted by Gasteiger charge is -2.30. The van der Waals surface area contributed by atoms with Gasteiger partial charge in [-0.2, -0.15) is 0 Å². The van der Waals surface area contributed by atoms with E-state index in [-0.39, 0.29) is 12.0 Å². The van der Waals surface area contributed by atoms with Gasteiger partial charge in [0.2, 0.25) is 0 Å². The molecule has 2 heterocycles. The molecule has 1 aromatic heterocycles. The van der Waals surface area contributed by atoms with Gasteiger partial charge in [-0.15, -0.1) is 13.2 Å². The second-order valence-electron chi connectivity index (χ2n) is 7.07. The lowest BCUT2D eigenvalue weighted by molar-refractivity contribution is 0.174. The van der Waals surface area contributed by atoms with Crippen molar-refractivity contribution < 1.29 is 9.47 Å².